The minimum atomic E-state index is -0.151. The van der Waals surface area contributed by atoms with Crippen LogP contribution in [-0.4, -0.2) is 49.4 Å². The number of halogens is 1. The molecule has 0 radical (unpaired) electrons. The van der Waals surface area contributed by atoms with Crippen LogP contribution in [-0.2, 0) is 4.79 Å². The van der Waals surface area contributed by atoms with Gasteiger partial charge in [0, 0.05) is 29.5 Å². The van der Waals surface area contributed by atoms with Crippen molar-refractivity contribution in [1.82, 2.24) is 15.5 Å². The molecule has 1 aliphatic heterocycles. The molecule has 1 saturated heterocycles. The second kappa shape index (κ2) is 11.3. The first-order valence-corrected chi connectivity index (χ1v) is 9.97. The molecule has 5 nitrogen and oxygen atoms in total. The molecule has 0 aromatic heterocycles. The van der Waals surface area contributed by atoms with Crippen molar-refractivity contribution in [3.8, 4) is 0 Å². The van der Waals surface area contributed by atoms with Crippen LogP contribution in [0.4, 0.5) is 0 Å². The molecule has 2 amide bonds. The van der Waals surface area contributed by atoms with Gasteiger partial charge in [-0.2, -0.15) is 0 Å². The van der Waals surface area contributed by atoms with Crippen LogP contribution in [0.25, 0.3) is 0 Å². The monoisotopic (exact) mass is 409 g/mol. The van der Waals surface area contributed by atoms with Crippen molar-refractivity contribution in [1.29, 1.82) is 0 Å². The van der Waals surface area contributed by atoms with Gasteiger partial charge in [0.05, 0.1) is 0 Å². The Hall–Kier alpha value is -1.40. The van der Waals surface area contributed by atoms with Gasteiger partial charge in [-0.05, 0) is 63.2 Å². The summed E-state index contributed by atoms with van der Waals surface area (Å²) in [5.41, 5.74) is 0.598. The van der Waals surface area contributed by atoms with Gasteiger partial charge in [0.1, 0.15) is 0 Å². The van der Waals surface area contributed by atoms with Crippen LogP contribution in [0.2, 0.25) is 0 Å². The number of hydrogen-bond donors (Lipinski definition) is 2. The summed E-state index contributed by atoms with van der Waals surface area (Å²) in [6.07, 6.45) is 6.58. The Morgan fingerprint density at radius 1 is 0.960 bits per heavy atom. The maximum Gasteiger partial charge on any atom is 0.251 e. The maximum atomic E-state index is 11.9. The predicted octanol–water partition coefficient (Wildman–Crippen LogP) is 2.95. The van der Waals surface area contributed by atoms with Crippen molar-refractivity contribution >= 4 is 27.7 Å². The number of benzene rings is 1. The summed E-state index contributed by atoms with van der Waals surface area (Å²) in [4.78, 5) is 26.3. The fourth-order valence-corrected chi connectivity index (χ4v) is 3.24. The lowest BCUT2D eigenvalue weighted by Gasteiger charge is -2.19. The van der Waals surface area contributed by atoms with Crippen molar-refractivity contribution < 1.29 is 9.59 Å². The van der Waals surface area contributed by atoms with Gasteiger partial charge in [-0.15, -0.1) is 0 Å². The Labute approximate surface area is 158 Å². The van der Waals surface area contributed by atoms with Gasteiger partial charge in [0.2, 0.25) is 5.91 Å². The summed E-state index contributed by atoms with van der Waals surface area (Å²) in [6, 6.07) is 7.16. The van der Waals surface area contributed by atoms with Crippen molar-refractivity contribution in [2.45, 2.75) is 38.5 Å². The van der Waals surface area contributed by atoms with E-state index in [4.69, 9.17) is 0 Å². The molecule has 1 fully saturated rings. The first-order chi connectivity index (χ1) is 12.1. The molecular formula is C19H28BrN3O2. The Kier molecular flexibility index (Phi) is 8.97. The zero-order valence-electron chi connectivity index (χ0n) is 14.7. The summed E-state index contributed by atoms with van der Waals surface area (Å²) < 4.78 is 0.934. The standard InChI is InChI=1S/C19H28BrN3O2/c20-17-8-6-16(7-9-17)19(25)22-12-10-18(24)21-11-5-15-23-13-3-1-2-4-14-23/h6-9H,1-5,10-15H2,(H,21,24)(H,22,25). The van der Waals surface area contributed by atoms with Crippen LogP contribution in [0.3, 0.4) is 0 Å². The number of rotatable bonds is 8. The summed E-state index contributed by atoms with van der Waals surface area (Å²) in [7, 11) is 0. The fourth-order valence-electron chi connectivity index (χ4n) is 2.97. The van der Waals surface area contributed by atoms with Gasteiger partial charge in [-0.1, -0.05) is 28.8 Å². The molecule has 0 saturated carbocycles. The Bertz CT molecular complexity index is 540. The van der Waals surface area contributed by atoms with Gasteiger partial charge < -0.3 is 15.5 Å². The van der Waals surface area contributed by atoms with Crippen LogP contribution in [0.5, 0.6) is 0 Å². The molecule has 0 unspecified atom stereocenters. The fraction of sp³-hybridized carbons (Fsp3) is 0.579. The lowest BCUT2D eigenvalue weighted by molar-refractivity contribution is -0.120. The van der Waals surface area contributed by atoms with Gasteiger partial charge in [0.25, 0.3) is 5.91 Å². The minimum absolute atomic E-state index is 0.00743. The normalized spacial score (nSPS) is 15.4. The lowest BCUT2D eigenvalue weighted by atomic mass is 10.2. The highest BCUT2D eigenvalue weighted by molar-refractivity contribution is 9.10. The molecule has 0 aliphatic carbocycles. The van der Waals surface area contributed by atoms with Crippen LogP contribution in [0.15, 0.2) is 28.7 Å². The van der Waals surface area contributed by atoms with Crippen molar-refractivity contribution in [2.75, 3.05) is 32.7 Å². The van der Waals surface area contributed by atoms with E-state index in [1.165, 1.54) is 38.8 Å². The highest BCUT2D eigenvalue weighted by Crippen LogP contribution is 2.10. The Balaban J connectivity index is 1.53. The van der Waals surface area contributed by atoms with Gasteiger partial charge in [0.15, 0.2) is 0 Å². The molecule has 25 heavy (non-hydrogen) atoms. The predicted molar refractivity (Wildman–Crippen MR) is 104 cm³/mol. The maximum absolute atomic E-state index is 11.9. The number of carbonyl (C=O) groups is 2. The van der Waals surface area contributed by atoms with Gasteiger partial charge in [-0.3, -0.25) is 9.59 Å². The second-order valence-electron chi connectivity index (χ2n) is 6.47. The first-order valence-electron chi connectivity index (χ1n) is 9.18. The summed E-state index contributed by atoms with van der Waals surface area (Å²) >= 11 is 3.34. The summed E-state index contributed by atoms with van der Waals surface area (Å²) in [6.45, 7) is 4.50. The molecule has 0 atom stereocenters. The highest BCUT2D eigenvalue weighted by atomic mass is 79.9. The molecule has 1 aliphatic rings. The largest absolute Gasteiger partial charge is 0.356 e. The van der Waals surface area contributed by atoms with Crippen LogP contribution in [0.1, 0.15) is 48.9 Å². The highest BCUT2D eigenvalue weighted by Gasteiger charge is 2.09. The average molecular weight is 410 g/mol. The Morgan fingerprint density at radius 3 is 2.32 bits per heavy atom. The van der Waals surface area contributed by atoms with E-state index in [0.29, 0.717) is 25.1 Å². The molecule has 6 heteroatoms. The van der Waals surface area contributed by atoms with Crippen molar-refractivity contribution in [2.24, 2.45) is 0 Å². The molecule has 0 spiro atoms. The van der Waals surface area contributed by atoms with E-state index >= 15 is 0 Å². The number of amides is 2. The van der Waals surface area contributed by atoms with E-state index in [-0.39, 0.29) is 11.8 Å². The molecule has 1 heterocycles. The molecule has 2 N–H and O–H groups in total. The van der Waals surface area contributed by atoms with E-state index in [2.05, 4.69) is 31.5 Å². The van der Waals surface area contributed by atoms with Crippen molar-refractivity contribution in [3.63, 3.8) is 0 Å². The van der Waals surface area contributed by atoms with E-state index in [1.807, 2.05) is 12.1 Å². The molecule has 2 rings (SSSR count). The minimum Gasteiger partial charge on any atom is -0.356 e. The molecule has 0 bridgehead atoms. The van der Waals surface area contributed by atoms with E-state index in [9.17, 15) is 9.59 Å². The second-order valence-corrected chi connectivity index (χ2v) is 7.39. The third-order valence-electron chi connectivity index (χ3n) is 4.42. The van der Waals surface area contributed by atoms with E-state index in [1.54, 1.807) is 12.1 Å². The number of nitrogens with one attached hydrogen (secondary N) is 2. The zero-order valence-corrected chi connectivity index (χ0v) is 16.3. The van der Waals surface area contributed by atoms with Gasteiger partial charge >= 0.3 is 0 Å². The van der Waals surface area contributed by atoms with Crippen LogP contribution < -0.4 is 10.6 Å². The topological polar surface area (TPSA) is 61.4 Å². The number of carbonyl (C=O) groups excluding carboxylic acids is 2. The smallest absolute Gasteiger partial charge is 0.251 e. The molecule has 1 aromatic carbocycles. The summed E-state index contributed by atoms with van der Waals surface area (Å²) in [5.74, 6) is -0.159. The third-order valence-corrected chi connectivity index (χ3v) is 4.94. The Morgan fingerprint density at radius 2 is 1.64 bits per heavy atom. The lowest BCUT2D eigenvalue weighted by Crippen LogP contribution is -2.33. The average Bonchev–Trinajstić information content (AvgIpc) is 2.88. The van der Waals surface area contributed by atoms with E-state index in [0.717, 1.165) is 17.4 Å². The number of likely N-dealkylation sites (tertiary alicyclic amines) is 1. The zero-order chi connectivity index (χ0) is 17.9. The molecule has 138 valence electrons. The summed E-state index contributed by atoms with van der Waals surface area (Å²) in [5, 5.41) is 5.71. The first kappa shape index (κ1) is 19.9. The quantitative estimate of drug-likeness (QED) is 0.648. The van der Waals surface area contributed by atoms with E-state index < -0.39 is 0 Å². The third kappa shape index (κ3) is 8.01. The number of hydrogen-bond acceptors (Lipinski definition) is 3. The van der Waals surface area contributed by atoms with Crippen LogP contribution in [0, 0.1) is 0 Å². The van der Waals surface area contributed by atoms with Crippen molar-refractivity contribution in [3.05, 3.63) is 34.3 Å². The van der Waals surface area contributed by atoms with Crippen LogP contribution >= 0.6 is 15.9 Å². The molecular weight excluding hydrogens is 382 g/mol. The van der Waals surface area contributed by atoms with Gasteiger partial charge in [-0.25, -0.2) is 0 Å². The number of nitrogens with zero attached hydrogens (tertiary/aromatic N) is 1. The SMILES string of the molecule is O=C(CCNC(=O)c1ccc(Br)cc1)NCCCN1CCCCCC1. The molecule has 1 aromatic rings.